The van der Waals surface area contributed by atoms with E-state index in [0.717, 1.165) is 23.7 Å². The van der Waals surface area contributed by atoms with Crippen LogP contribution in [0.3, 0.4) is 0 Å². The van der Waals surface area contributed by atoms with E-state index in [-0.39, 0.29) is 11.7 Å². The monoisotopic (exact) mass is 460 g/mol. The number of piperazine rings is 1. The van der Waals surface area contributed by atoms with Crippen LogP contribution < -0.4 is 16.4 Å². The number of aromatic nitrogens is 1. The maximum Gasteiger partial charge on any atom is 0.266 e. The number of rotatable bonds is 3. The van der Waals surface area contributed by atoms with Crippen molar-refractivity contribution in [2.75, 3.05) is 42.5 Å². The van der Waals surface area contributed by atoms with Crippen molar-refractivity contribution in [1.82, 2.24) is 9.88 Å². The molecule has 5 rings (SSSR count). The largest absolute Gasteiger partial charge is 0.397 e. The highest BCUT2D eigenvalue weighted by Crippen LogP contribution is 2.44. The molecule has 1 aliphatic heterocycles. The summed E-state index contributed by atoms with van der Waals surface area (Å²) in [6.07, 6.45) is 0. The van der Waals surface area contributed by atoms with Gasteiger partial charge in [0.25, 0.3) is 5.91 Å². The van der Waals surface area contributed by atoms with Gasteiger partial charge < -0.3 is 21.3 Å². The van der Waals surface area contributed by atoms with Gasteiger partial charge in [0.1, 0.15) is 27.2 Å². The van der Waals surface area contributed by atoms with Crippen LogP contribution in [-0.4, -0.2) is 42.0 Å². The SMILES string of the molecule is N#Cc1c(N)nc2sc(C(=O)N3CCN(c4ccccc4)CC3)c(N)c2c1-c1cccs1. The van der Waals surface area contributed by atoms with Crippen molar-refractivity contribution in [2.45, 2.75) is 0 Å². The molecule has 4 N–H and O–H groups in total. The molecule has 0 radical (unpaired) electrons. The molecule has 0 atom stereocenters. The zero-order valence-electron chi connectivity index (χ0n) is 17.1. The second-order valence-electron chi connectivity index (χ2n) is 7.48. The minimum atomic E-state index is -0.104. The molecule has 4 aromatic rings. The summed E-state index contributed by atoms with van der Waals surface area (Å²) in [5.41, 5.74) is 15.1. The Morgan fingerprint density at radius 1 is 1.06 bits per heavy atom. The quantitative estimate of drug-likeness (QED) is 0.477. The third-order valence-electron chi connectivity index (χ3n) is 5.67. The van der Waals surface area contributed by atoms with E-state index in [1.54, 1.807) is 0 Å². The van der Waals surface area contributed by atoms with E-state index in [1.165, 1.54) is 22.7 Å². The van der Waals surface area contributed by atoms with E-state index < -0.39 is 0 Å². The Bertz CT molecular complexity index is 1330. The van der Waals surface area contributed by atoms with Crippen LogP contribution in [0.1, 0.15) is 15.2 Å². The van der Waals surface area contributed by atoms with E-state index in [2.05, 4.69) is 28.1 Å². The highest BCUT2D eigenvalue weighted by atomic mass is 32.1. The lowest BCUT2D eigenvalue weighted by Gasteiger charge is -2.36. The van der Waals surface area contributed by atoms with Crippen LogP contribution in [0.5, 0.6) is 0 Å². The molecule has 32 heavy (non-hydrogen) atoms. The first-order valence-electron chi connectivity index (χ1n) is 10.1. The number of para-hydroxylation sites is 1. The zero-order valence-corrected chi connectivity index (χ0v) is 18.7. The van der Waals surface area contributed by atoms with Gasteiger partial charge in [0.05, 0.1) is 5.69 Å². The summed E-state index contributed by atoms with van der Waals surface area (Å²) in [6, 6.07) is 16.2. The Morgan fingerprint density at radius 2 is 1.81 bits per heavy atom. The Balaban J connectivity index is 1.49. The number of carbonyl (C=O) groups excluding carboxylic acids is 1. The Morgan fingerprint density at radius 3 is 2.47 bits per heavy atom. The van der Waals surface area contributed by atoms with Gasteiger partial charge in [0.15, 0.2) is 0 Å². The first-order chi connectivity index (χ1) is 15.6. The zero-order chi connectivity index (χ0) is 22.2. The fourth-order valence-corrected chi connectivity index (χ4v) is 5.92. The number of hydrogen-bond acceptors (Lipinski definition) is 8. The van der Waals surface area contributed by atoms with E-state index in [9.17, 15) is 10.1 Å². The Hall–Kier alpha value is -3.61. The van der Waals surface area contributed by atoms with E-state index >= 15 is 0 Å². The van der Waals surface area contributed by atoms with Crippen molar-refractivity contribution < 1.29 is 4.79 Å². The number of pyridine rings is 1. The van der Waals surface area contributed by atoms with E-state index in [1.807, 2.05) is 40.6 Å². The number of amides is 1. The van der Waals surface area contributed by atoms with Crippen LogP contribution in [0.15, 0.2) is 47.8 Å². The maximum absolute atomic E-state index is 13.4. The van der Waals surface area contributed by atoms with Gasteiger partial charge in [-0.3, -0.25) is 4.79 Å². The van der Waals surface area contributed by atoms with Crippen LogP contribution in [0.4, 0.5) is 17.2 Å². The number of nitriles is 1. The molecule has 7 nitrogen and oxygen atoms in total. The number of anilines is 3. The molecule has 1 aliphatic rings. The van der Waals surface area contributed by atoms with Gasteiger partial charge in [-0.2, -0.15) is 5.26 Å². The van der Waals surface area contributed by atoms with Gasteiger partial charge in [-0.25, -0.2) is 4.98 Å². The molecule has 0 spiro atoms. The molecule has 1 aromatic carbocycles. The Kier molecular flexibility index (Phi) is 5.17. The number of hydrogen-bond donors (Lipinski definition) is 2. The van der Waals surface area contributed by atoms with Gasteiger partial charge in [-0.05, 0) is 23.6 Å². The summed E-state index contributed by atoms with van der Waals surface area (Å²) in [4.78, 5) is 23.8. The lowest BCUT2D eigenvalue weighted by Crippen LogP contribution is -2.48. The van der Waals surface area contributed by atoms with Crippen LogP contribution in [0.2, 0.25) is 0 Å². The molecule has 0 bridgehead atoms. The third kappa shape index (κ3) is 3.34. The first kappa shape index (κ1) is 20.3. The van der Waals surface area contributed by atoms with Crippen LogP contribution in [0.25, 0.3) is 20.7 Å². The first-order valence-corrected chi connectivity index (χ1v) is 11.8. The number of carbonyl (C=O) groups is 1. The highest BCUT2D eigenvalue weighted by molar-refractivity contribution is 7.21. The molecule has 1 saturated heterocycles. The van der Waals surface area contributed by atoms with E-state index in [4.69, 9.17) is 11.5 Å². The molecule has 9 heteroatoms. The molecule has 4 heterocycles. The number of nitrogens with two attached hydrogens (primary N) is 2. The molecular weight excluding hydrogens is 440 g/mol. The lowest BCUT2D eigenvalue weighted by atomic mass is 10.0. The van der Waals surface area contributed by atoms with Gasteiger partial charge >= 0.3 is 0 Å². The minimum Gasteiger partial charge on any atom is -0.397 e. The molecule has 1 fully saturated rings. The van der Waals surface area contributed by atoms with E-state index in [0.29, 0.717) is 45.0 Å². The van der Waals surface area contributed by atoms with Gasteiger partial charge in [-0.15, -0.1) is 22.7 Å². The number of thiophene rings is 2. The summed E-state index contributed by atoms with van der Waals surface area (Å²) < 4.78 is 0. The van der Waals surface area contributed by atoms with Crippen LogP contribution in [-0.2, 0) is 0 Å². The second kappa shape index (κ2) is 8.15. The average Bonchev–Trinajstić information content (AvgIpc) is 3.47. The predicted molar refractivity (Wildman–Crippen MR) is 131 cm³/mol. The van der Waals surface area contributed by atoms with Crippen LogP contribution in [0, 0.1) is 11.3 Å². The van der Waals surface area contributed by atoms with Crippen molar-refractivity contribution in [3.63, 3.8) is 0 Å². The lowest BCUT2D eigenvalue weighted by molar-refractivity contribution is 0.0752. The van der Waals surface area contributed by atoms with Crippen LogP contribution >= 0.6 is 22.7 Å². The van der Waals surface area contributed by atoms with Gasteiger partial charge in [-0.1, -0.05) is 24.3 Å². The Labute approximate surface area is 193 Å². The predicted octanol–water partition coefficient (Wildman–Crippen LogP) is 4.02. The molecule has 0 unspecified atom stereocenters. The van der Waals surface area contributed by atoms with Gasteiger partial charge in [0, 0.05) is 47.7 Å². The van der Waals surface area contributed by atoms with Crippen molar-refractivity contribution in [2.24, 2.45) is 0 Å². The minimum absolute atomic E-state index is 0.104. The second-order valence-corrected chi connectivity index (χ2v) is 9.42. The number of nitrogens with zero attached hydrogens (tertiary/aromatic N) is 4. The summed E-state index contributed by atoms with van der Waals surface area (Å²) in [6.45, 7) is 2.73. The fraction of sp³-hybridized carbons (Fsp3) is 0.174. The van der Waals surface area contributed by atoms with Crippen molar-refractivity contribution in [3.8, 4) is 16.5 Å². The molecule has 0 aliphatic carbocycles. The van der Waals surface area contributed by atoms with Gasteiger partial charge in [0.2, 0.25) is 0 Å². The maximum atomic E-state index is 13.4. The molecule has 1 amide bonds. The third-order valence-corrected chi connectivity index (χ3v) is 7.64. The summed E-state index contributed by atoms with van der Waals surface area (Å²) in [5, 5.41) is 12.3. The summed E-state index contributed by atoms with van der Waals surface area (Å²) in [5.74, 6) is 0.0487. The number of benzene rings is 1. The standard InChI is InChI=1S/C23H20N6OS2/c24-13-15-17(16-7-4-12-31-16)18-19(25)20(32-22(18)27-21(15)26)23(30)29-10-8-28(9-11-29)14-5-2-1-3-6-14/h1-7,12H,8-11,25H2,(H2,26,27). The number of fused-ring (bicyclic) bond motifs is 1. The summed E-state index contributed by atoms with van der Waals surface area (Å²) >= 11 is 2.74. The van der Waals surface area contributed by atoms with Crippen molar-refractivity contribution >= 4 is 56.0 Å². The molecule has 0 saturated carbocycles. The normalized spacial score (nSPS) is 14.0. The highest BCUT2D eigenvalue weighted by Gasteiger charge is 2.29. The summed E-state index contributed by atoms with van der Waals surface area (Å²) in [7, 11) is 0. The average molecular weight is 461 g/mol. The molecular formula is C23H20N6OS2. The number of nitrogen functional groups attached to an aromatic ring is 2. The fourth-order valence-electron chi connectivity index (χ4n) is 4.06. The molecule has 3 aromatic heterocycles. The smallest absolute Gasteiger partial charge is 0.266 e. The molecule has 160 valence electrons. The van der Waals surface area contributed by atoms with Crippen molar-refractivity contribution in [3.05, 3.63) is 58.3 Å². The topological polar surface area (TPSA) is 112 Å². The van der Waals surface area contributed by atoms with Crippen molar-refractivity contribution in [1.29, 1.82) is 5.26 Å².